The van der Waals surface area contributed by atoms with Gasteiger partial charge in [0, 0.05) is 55.9 Å². The first-order valence-corrected chi connectivity index (χ1v) is 15.6. The van der Waals surface area contributed by atoms with Crippen molar-refractivity contribution in [2.75, 3.05) is 33.9 Å². The number of nitrogens with two attached hydrogens (primary N) is 1. The SMILES string of the molecule is CC(=O)Nc1ccc2c(c1)CCN2Cc1ccc(C(C)C)cc1.CC(C)c1ccc(CN2CCc3cc(N)ccc32)cc1. The largest absolute Gasteiger partial charge is 0.399 e. The van der Waals surface area contributed by atoms with Crippen LogP contribution in [0.5, 0.6) is 0 Å². The van der Waals surface area contributed by atoms with Crippen LogP contribution >= 0.6 is 0 Å². The molecule has 0 aliphatic carbocycles. The fourth-order valence-electron chi connectivity index (χ4n) is 6.03. The maximum atomic E-state index is 11.2. The van der Waals surface area contributed by atoms with Gasteiger partial charge in [0.25, 0.3) is 0 Å². The summed E-state index contributed by atoms with van der Waals surface area (Å²) in [4.78, 5) is 16.0. The quantitative estimate of drug-likeness (QED) is 0.218. The minimum atomic E-state index is -0.0231. The van der Waals surface area contributed by atoms with Crippen molar-refractivity contribution in [3.05, 3.63) is 118 Å². The van der Waals surface area contributed by atoms with Crippen LogP contribution in [0.25, 0.3) is 0 Å². The van der Waals surface area contributed by atoms with Gasteiger partial charge >= 0.3 is 0 Å². The highest BCUT2D eigenvalue weighted by Gasteiger charge is 2.20. The van der Waals surface area contributed by atoms with Crippen LogP contribution in [-0.4, -0.2) is 19.0 Å². The first-order chi connectivity index (χ1) is 20.7. The van der Waals surface area contributed by atoms with Crippen LogP contribution in [0.1, 0.15) is 79.8 Å². The van der Waals surface area contributed by atoms with E-state index in [9.17, 15) is 4.79 Å². The van der Waals surface area contributed by atoms with E-state index in [1.807, 2.05) is 12.1 Å². The van der Waals surface area contributed by atoms with Gasteiger partial charge in [0.1, 0.15) is 0 Å². The van der Waals surface area contributed by atoms with E-state index in [0.717, 1.165) is 50.4 Å². The molecule has 1 amide bonds. The Labute approximate surface area is 257 Å². The van der Waals surface area contributed by atoms with Crippen molar-refractivity contribution in [2.45, 2.75) is 72.4 Å². The number of rotatable bonds is 7. The second kappa shape index (κ2) is 13.4. The molecule has 2 heterocycles. The summed E-state index contributed by atoms with van der Waals surface area (Å²) in [7, 11) is 0. The highest BCUT2D eigenvalue weighted by Crippen LogP contribution is 2.32. The molecule has 0 saturated carbocycles. The predicted octanol–water partition coefficient (Wildman–Crippen LogP) is 8.29. The molecule has 5 nitrogen and oxygen atoms in total. The van der Waals surface area contributed by atoms with Gasteiger partial charge in [-0.15, -0.1) is 0 Å². The molecular formula is C38H46N4O. The van der Waals surface area contributed by atoms with Gasteiger partial charge in [-0.3, -0.25) is 4.79 Å². The molecule has 0 spiro atoms. The van der Waals surface area contributed by atoms with E-state index >= 15 is 0 Å². The Hall–Kier alpha value is -4.25. The third kappa shape index (κ3) is 7.59. The maximum absolute atomic E-state index is 11.2. The van der Waals surface area contributed by atoms with Gasteiger partial charge < -0.3 is 20.9 Å². The fourth-order valence-corrected chi connectivity index (χ4v) is 6.03. The van der Waals surface area contributed by atoms with Crippen LogP contribution in [0.15, 0.2) is 84.9 Å². The van der Waals surface area contributed by atoms with E-state index in [-0.39, 0.29) is 5.91 Å². The van der Waals surface area contributed by atoms with Crippen molar-refractivity contribution >= 4 is 28.7 Å². The van der Waals surface area contributed by atoms with E-state index in [4.69, 9.17) is 5.73 Å². The van der Waals surface area contributed by atoms with Crippen LogP contribution in [0.3, 0.4) is 0 Å². The number of fused-ring (bicyclic) bond motifs is 2. The Morgan fingerprint density at radius 1 is 0.698 bits per heavy atom. The number of nitrogen functional groups attached to an aromatic ring is 1. The summed E-state index contributed by atoms with van der Waals surface area (Å²) in [5, 5.41) is 2.86. The van der Waals surface area contributed by atoms with E-state index in [2.05, 4.69) is 116 Å². The second-order valence-electron chi connectivity index (χ2n) is 12.5. The number of nitrogens with one attached hydrogen (secondary N) is 1. The number of anilines is 4. The lowest BCUT2D eigenvalue weighted by molar-refractivity contribution is -0.114. The number of carbonyl (C=O) groups is 1. The van der Waals surface area contributed by atoms with Crippen molar-refractivity contribution in [1.82, 2.24) is 0 Å². The average Bonchev–Trinajstić information content (AvgIpc) is 3.56. The van der Waals surface area contributed by atoms with Crippen LogP contribution in [0.2, 0.25) is 0 Å². The monoisotopic (exact) mass is 574 g/mol. The minimum absolute atomic E-state index is 0.0231. The molecule has 2 aliphatic heterocycles. The molecule has 4 aromatic rings. The molecular weight excluding hydrogens is 528 g/mol. The maximum Gasteiger partial charge on any atom is 0.221 e. The van der Waals surface area contributed by atoms with Gasteiger partial charge in [-0.1, -0.05) is 76.2 Å². The average molecular weight is 575 g/mol. The van der Waals surface area contributed by atoms with Crippen LogP contribution in [0.4, 0.5) is 22.7 Å². The van der Waals surface area contributed by atoms with Crippen LogP contribution in [0, 0.1) is 0 Å². The molecule has 0 unspecified atom stereocenters. The molecule has 2 aliphatic rings. The number of nitrogens with zero attached hydrogens (tertiary/aromatic N) is 2. The third-order valence-electron chi connectivity index (χ3n) is 8.53. The smallest absolute Gasteiger partial charge is 0.221 e. The van der Waals surface area contributed by atoms with E-state index < -0.39 is 0 Å². The van der Waals surface area contributed by atoms with Crippen molar-refractivity contribution in [2.24, 2.45) is 0 Å². The van der Waals surface area contributed by atoms with E-state index in [1.54, 1.807) is 6.92 Å². The summed E-state index contributed by atoms with van der Waals surface area (Å²) < 4.78 is 0. The Balaban J connectivity index is 0.000000173. The zero-order valence-electron chi connectivity index (χ0n) is 26.4. The molecule has 4 aromatic carbocycles. The Bertz CT molecular complexity index is 1540. The molecule has 5 heteroatoms. The number of amides is 1. The lowest BCUT2D eigenvalue weighted by Crippen LogP contribution is -2.19. The molecule has 0 fully saturated rings. The molecule has 0 atom stereocenters. The van der Waals surface area contributed by atoms with Crippen molar-refractivity contribution < 1.29 is 4.79 Å². The highest BCUT2D eigenvalue weighted by atomic mass is 16.1. The van der Waals surface area contributed by atoms with Gasteiger partial charge in [0.2, 0.25) is 5.91 Å². The summed E-state index contributed by atoms with van der Waals surface area (Å²) in [5.74, 6) is 1.15. The summed E-state index contributed by atoms with van der Waals surface area (Å²) in [6.07, 6.45) is 2.14. The molecule has 0 bridgehead atoms. The minimum Gasteiger partial charge on any atom is -0.399 e. The molecule has 3 N–H and O–H groups in total. The summed E-state index contributed by atoms with van der Waals surface area (Å²) >= 11 is 0. The number of carbonyl (C=O) groups excluding carboxylic acids is 1. The Kier molecular flexibility index (Phi) is 9.40. The van der Waals surface area contributed by atoms with Gasteiger partial charge in [-0.05, 0) is 94.5 Å². The normalized spacial score (nSPS) is 13.6. The van der Waals surface area contributed by atoms with Crippen LogP contribution in [-0.2, 0) is 30.7 Å². The molecule has 0 saturated heterocycles. The van der Waals surface area contributed by atoms with E-state index in [0.29, 0.717) is 11.8 Å². The first-order valence-electron chi connectivity index (χ1n) is 15.6. The number of hydrogen-bond acceptors (Lipinski definition) is 4. The topological polar surface area (TPSA) is 61.6 Å². The standard InChI is InChI=1S/C20H24N2O.C18H22N2/c1-14(2)17-6-4-16(5-7-17)13-22-11-10-18-12-19(21-15(3)23)8-9-20(18)22;1-13(2)15-5-3-14(4-6-15)12-20-10-9-16-11-17(19)7-8-18(16)20/h4-9,12,14H,10-11,13H2,1-3H3,(H,21,23);3-8,11,13H,9-10,12,19H2,1-2H3. The fraction of sp³-hybridized carbons (Fsp3) is 0.342. The molecule has 43 heavy (non-hydrogen) atoms. The molecule has 6 rings (SSSR count). The lowest BCUT2D eigenvalue weighted by Gasteiger charge is -2.20. The second-order valence-corrected chi connectivity index (χ2v) is 12.5. The Morgan fingerprint density at radius 2 is 1.16 bits per heavy atom. The van der Waals surface area contributed by atoms with Gasteiger partial charge in [0.05, 0.1) is 0 Å². The molecule has 224 valence electrons. The predicted molar refractivity (Wildman–Crippen MR) is 182 cm³/mol. The van der Waals surface area contributed by atoms with Gasteiger partial charge in [-0.25, -0.2) is 0 Å². The van der Waals surface area contributed by atoms with Crippen molar-refractivity contribution in [3.63, 3.8) is 0 Å². The number of benzene rings is 4. The first kappa shape index (κ1) is 30.2. The lowest BCUT2D eigenvalue weighted by atomic mass is 10.0. The van der Waals surface area contributed by atoms with Gasteiger partial charge in [0.15, 0.2) is 0 Å². The number of hydrogen-bond donors (Lipinski definition) is 2. The molecule has 0 radical (unpaired) electrons. The van der Waals surface area contributed by atoms with E-state index in [1.165, 1.54) is 44.8 Å². The van der Waals surface area contributed by atoms with Gasteiger partial charge in [-0.2, -0.15) is 0 Å². The zero-order valence-corrected chi connectivity index (χ0v) is 26.4. The highest BCUT2D eigenvalue weighted by molar-refractivity contribution is 5.89. The summed E-state index contributed by atoms with van der Waals surface area (Å²) in [5.41, 5.74) is 18.4. The summed E-state index contributed by atoms with van der Waals surface area (Å²) in [6.45, 7) is 14.5. The van der Waals surface area contributed by atoms with Crippen LogP contribution < -0.4 is 20.9 Å². The third-order valence-corrected chi connectivity index (χ3v) is 8.53. The zero-order chi connectivity index (χ0) is 30.5. The summed E-state index contributed by atoms with van der Waals surface area (Å²) in [6, 6.07) is 30.4. The Morgan fingerprint density at radius 3 is 1.63 bits per heavy atom. The van der Waals surface area contributed by atoms with Crippen molar-refractivity contribution in [1.29, 1.82) is 0 Å². The molecule has 0 aromatic heterocycles. The van der Waals surface area contributed by atoms with Crippen molar-refractivity contribution in [3.8, 4) is 0 Å².